The van der Waals surface area contributed by atoms with Crippen molar-refractivity contribution in [2.75, 3.05) is 0 Å². The molecule has 14 heavy (non-hydrogen) atoms. The molecule has 2 aromatic rings. The van der Waals surface area contributed by atoms with Crippen molar-refractivity contribution < 1.29 is 10.2 Å². The van der Waals surface area contributed by atoms with Crippen molar-refractivity contribution >= 4 is 10.8 Å². The van der Waals surface area contributed by atoms with E-state index in [0.717, 1.165) is 16.3 Å². The topological polar surface area (TPSA) is 66.5 Å². The molecular formula is C11H11NO2. The summed E-state index contributed by atoms with van der Waals surface area (Å²) >= 11 is 0. The summed E-state index contributed by atoms with van der Waals surface area (Å²) in [5.41, 5.74) is 6.50. The van der Waals surface area contributed by atoms with Crippen molar-refractivity contribution in [1.82, 2.24) is 0 Å². The van der Waals surface area contributed by atoms with E-state index in [9.17, 15) is 10.2 Å². The van der Waals surface area contributed by atoms with Crippen LogP contribution in [0.2, 0.25) is 0 Å². The predicted octanol–water partition coefficient (Wildman–Crippen LogP) is 1.71. The molecule has 0 aliphatic carbocycles. The average molecular weight is 189 g/mol. The molecule has 0 atom stereocenters. The van der Waals surface area contributed by atoms with Crippen molar-refractivity contribution in [3.63, 3.8) is 0 Å². The van der Waals surface area contributed by atoms with Crippen molar-refractivity contribution in [3.8, 4) is 11.5 Å². The van der Waals surface area contributed by atoms with E-state index in [0.29, 0.717) is 6.54 Å². The first-order chi connectivity index (χ1) is 6.70. The first-order valence-corrected chi connectivity index (χ1v) is 4.35. The summed E-state index contributed by atoms with van der Waals surface area (Å²) in [6.07, 6.45) is 0. The number of benzene rings is 2. The van der Waals surface area contributed by atoms with Crippen LogP contribution in [-0.4, -0.2) is 10.2 Å². The zero-order valence-electron chi connectivity index (χ0n) is 7.57. The molecule has 0 aromatic heterocycles. The van der Waals surface area contributed by atoms with E-state index in [1.807, 2.05) is 18.2 Å². The minimum atomic E-state index is -0.105. The number of hydrogen-bond donors (Lipinski definition) is 3. The van der Waals surface area contributed by atoms with Crippen LogP contribution in [-0.2, 0) is 6.54 Å². The molecule has 0 spiro atoms. The Bertz CT molecular complexity index is 480. The standard InChI is InChI=1S/C11H11NO2/c12-6-7-1-2-8-4-10(13)11(14)5-9(8)3-7/h1-5,13-14H,6,12H2. The predicted molar refractivity (Wildman–Crippen MR) is 55.2 cm³/mol. The first kappa shape index (κ1) is 8.84. The highest BCUT2D eigenvalue weighted by Crippen LogP contribution is 2.30. The van der Waals surface area contributed by atoms with Gasteiger partial charge in [-0.3, -0.25) is 0 Å². The van der Waals surface area contributed by atoms with Crippen molar-refractivity contribution in [3.05, 3.63) is 35.9 Å². The van der Waals surface area contributed by atoms with E-state index in [-0.39, 0.29) is 11.5 Å². The summed E-state index contributed by atoms with van der Waals surface area (Å²) in [5, 5.41) is 20.3. The molecule has 0 unspecified atom stereocenters. The van der Waals surface area contributed by atoms with E-state index in [2.05, 4.69) is 0 Å². The van der Waals surface area contributed by atoms with E-state index in [1.54, 1.807) is 0 Å². The molecule has 2 rings (SSSR count). The molecule has 0 aliphatic heterocycles. The number of nitrogens with two attached hydrogens (primary N) is 1. The molecule has 2 aromatic carbocycles. The van der Waals surface area contributed by atoms with Gasteiger partial charge in [0, 0.05) is 6.54 Å². The van der Waals surface area contributed by atoms with Crippen molar-refractivity contribution in [2.24, 2.45) is 5.73 Å². The van der Waals surface area contributed by atoms with Gasteiger partial charge >= 0.3 is 0 Å². The normalized spacial score (nSPS) is 10.6. The molecule has 0 fully saturated rings. The van der Waals surface area contributed by atoms with Gasteiger partial charge in [-0.1, -0.05) is 12.1 Å². The summed E-state index contributed by atoms with van der Waals surface area (Å²) in [4.78, 5) is 0. The van der Waals surface area contributed by atoms with Gasteiger partial charge in [0.25, 0.3) is 0 Å². The van der Waals surface area contributed by atoms with Crippen LogP contribution in [0.4, 0.5) is 0 Å². The number of phenols is 2. The number of hydrogen-bond acceptors (Lipinski definition) is 3. The van der Waals surface area contributed by atoms with Gasteiger partial charge in [-0.15, -0.1) is 0 Å². The lowest BCUT2D eigenvalue weighted by atomic mass is 10.1. The molecule has 72 valence electrons. The van der Waals surface area contributed by atoms with Crippen LogP contribution in [0, 0.1) is 0 Å². The van der Waals surface area contributed by atoms with Crippen LogP contribution < -0.4 is 5.73 Å². The monoisotopic (exact) mass is 189 g/mol. The largest absolute Gasteiger partial charge is 0.504 e. The smallest absolute Gasteiger partial charge is 0.158 e. The lowest BCUT2D eigenvalue weighted by molar-refractivity contribution is 0.405. The Labute approximate surface area is 81.4 Å². The van der Waals surface area contributed by atoms with Crippen LogP contribution in [0.15, 0.2) is 30.3 Å². The minimum Gasteiger partial charge on any atom is -0.504 e. The lowest BCUT2D eigenvalue weighted by Gasteiger charge is -2.03. The van der Waals surface area contributed by atoms with Crippen LogP contribution in [0.25, 0.3) is 10.8 Å². The van der Waals surface area contributed by atoms with Gasteiger partial charge in [-0.25, -0.2) is 0 Å². The second-order valence-electron chi connectivity index (χ2n) is 3.23. The van der Waals surface area contributed by atoms with Gasteiger partial charge in [0.15, 0.2) is 11.5 Å². The second kappa shape index (κ2) is 3.20. The maximum Gasteiger partial charge on any atom is 0.158 e. The third-order valence-corrected chi connectivity index (χ3v) is 2.23. The van der Waals surface area contributed by atoms with Gasteiger partial charge < -0.3 is 15.9 Å². The van der Waals surface area contributed by atoms with Gasteiger partial charge in [-0.2, -0.15) is 0 Å². The fraction of sp³-hybridized carbons (Fsp3) is 0.0909. The second-order valence-corrected chi connectivity index (χ2v) is 3.23. The molecule has 0 heterocycles. The van der Waals surface area contributed by atoms with E-state index in [1.165, 1.54) is 12.1 Å². The van der Waals surface area contributed by atoms with Gasteiger partial charge in [0.2, 0.25) is 0 Å². The van der Waals surface area contributed by atoms with E-state index < -0.39 is 0 Å². The van der Waals surface area contributed by atoms with E-state index in [4.69, 9.17) is 5.73 Å². The zero-order valence-corrected chi connectivity index (χ0v) is 7.57. The summed E-state index contributed by atoms with van der Waals surface area (Å²) < 4.78 is 0. The molecule has 0 radical (unpaired) electrons. The highest BCUT2D eigenvalue weighted by atomic mass is 16.3. The molecular weight excluding hydrogens is 178 g/mol. The van der Waals surface area contributed by atoms with E-state index >= 15 is 0 Å². The Morgan fingerprint density at radius 3 is 2.21 bits per heavy atom. The van der Waals surface area contributed by atoms with Crippen LogP contribution >= 0.6 is 0 Å². The number of phenolic OH excluding ortho intramolecular Hbond substituents is 2. The van der Waals surface area contributed by atoms with Gasteiger partial charge in [-0.05, 0) is 34.5 Å². The van der Waals surface area contributed by atoms with Gasteiger partial charge in [0.05, 0.1) is 0 Å². The zero-order chi connectivity index (χ0) is 10.1. The summed E-state index contributed by atoms with van der Waals surface area (Å²) in [6, 6.07) is 8.73. The quantitative estimate of drug-likeness (QED) is 0.598. The molecule has 0 saturated heterocycles. The third kappa shape index (κ3) is 1.38. The number of fused-ring (bicyclic) bond motifs is 1. The molecule has 3 heteroatoms. The van der Waals surface area contributed by atoms with Crippen molar-refractivity contribution in [2.45, 2.75) is 6.54 Å². The van der Waals surface area contributed by atoms with Gasteiger partial charge in [0.1, 0.15) is 0 Å². The Hall–Kier alpha value is -1.74. The molecule has 0 bridgehead atoms. The third-order valence-electron chi connectivity index (χ3n) is 2.23. The molecule has 0 aliphatic rings. The highest BCUT2D eigenvalue weighted by Gasteiger charge is 2.02. The fourth-order valence-electron chi connectivity index (χ4n) is 1.45. The van der Waals surface area contributed by atoms with Crippen molar-refractivity contribution in [1.29, 1.82) is 0 Å². The Balaban J connectivity index is 2.70. The SMILES string of the molecule is NCc1ccc2cc(O)c(O)cc2c1. The number of aromatic hydroxyl groups is 2. The Kier molecular flexibility index (Phi) is 2.02. The van der Waals surface area contributed by atoms with Crippen LogP contribution in [0.3, 0.4) is 0 Å². The fourth-order valence-corrected chi connectivity index (χ4v) is 1.45. The molecule has 0 amide bonds. The highest BCUT2D eigenvalue weighted by molar-refractivity contribution is 5.86. The molecule has 3 nitrogen and oxygen atoms in total. The average Bonchev–Trinajstić information content (AvgIpc) is 2.19. The Morgan fingerprint density at radius 1 is 0.929 bits per heavy atom. The molecule has 4 N–H and O–H groups in total. The van der Waals surface area contributed by atoms with Crippen LogP contribution in [0.5, 0.6) is 11.5 Å². The molecule has 0 saturated carbocycles. The van der Waals surface area contributed by atoms with Crippen LogP contribution in [0.1, 0.15) is 5.56 Å². The Morgan fingerprint density at radius 2 is 1.57 bits per heavy atom. The minimum absolute atomic E-state index is 0.0991. The number of rotatable bonds is 1. The maximum absolute atomic E-state index is 9.30. The summed E-state index contributed by atoms with van der Waals surface area (Å²) in [5.74, 6) is -0.204. The lowest BCUT2D eigenvalue weighted by Crippen LogP contribution is -1.95. The maximum atomic E-state index is 9.30. The summed E-state index contributed by atoms with van der Waals surface area (Å²) in [7, 11) is 0. The summed E-state index contributed by atoms with van der Waals surface area (Å²) in [6.45, 7) is 0.470. The first-order valence-electron chi connectivity index (χ1n) is 4.35.